The summed E-state index contributed by atoms with van der Waals surface area (Å²) in [4.78, 5) is 9.25. The number of pyridine rings is 1. The van der Waals surface area contributed by atoms with Gasteiger partial charge >= 0.3 is 0 Å². The van der Waals surface area contributed by atoms with E-state index < -0.39 is 11.6 Å². The largest absolute Gasteiger partial charge is 0.509 e. The van der Waals surface area contributed by atoms with Crippen molar-refractivity contribution in [3.63, 3.8) is 0 Å². The van der Waals surface area contributed by atoms with Crippen molar-refractivity contribution in [3.05, 3.63) is 222 Å². The van der Waals surface area contributed by atoms with Crippen molar-refractivity contribution in [3.8, 4) is 50.7 Å². The molecule has 0 aliphatic carbocycles. The Hall–Kier alpha value is -7.34. The number of para-hydroxylation sites is 3. The fraction of sp³-hybridized carbons (Fsp3) is 0.229. The maximum absolute atomic E-state index is 15.6. The summed E-state index contributed by atoms with van der Waals surface area (Å²) in [6.45, 7) is 28.5. The first-order valence-corrected chi connectivity index (χ1v) is 26.8. The van der Waals surface area contributed by atoms with Gasteiger partial charge in [0.15, 0.2) is 0 Å². The molecule has 3 heterocycles. The zero-order chi connectivity index (χ0) is 54.2. The normalized spacial score (nSPS) is 12.8. The number of halogens is 2. The summed E-state index contributed by atoms with van der Waals surface area (Å²) in [7, 11) is 0. The second-order valence-corrected chi connectivity index (χ2v) is 23.4. The summed E-state index contributed by atoms with van der Waals surface area (Å²) >= 11 is 0. The fourth-order valence-electron chi connectivity index (χ4n) is 10.9. The van der Waals surface area contributed by atoms with E-state index >= 15 is 8.78 Å². The smallest absolute Gasteiger partial charge is 0.135 e. The van der Waals surface area contributed by atoms with E-state index in [9.17, 15) is 0 Å². The Morgan fingerprint density at radius 2 is 1.15 bits per heavy atom. The molecule has 0 atom stereocenters. The van der Waals surface area contributed by atoms with Crippen molar-refractivity contribution in [1.82, 2.24) is 9.55 Å². The maximum atomic E-state index is 15.6. The van der Waals surface area contributed by atoms with Gasteiger partial charge in [0.2, 0.25) is 0 Å². The number of ether oxygens (including phenoxy) is 1. The molecule has 0 saturated heterocycles. The molecule has 0 bridgehead atoms. The molecule has 398 valence electrons. The van der Waals surface area contributed by atoms with E-state index in [-0.39, 0.29) is 43.7 Å². The minimum Gasteiger partial charge on any atom is -0.509 e. The van der Waals surface area contributed by atoms with Crippen molar-refractivity contribution in [1.29, 1.82) is 0 Å². The molecular formula is C70H65F2N4OPt-3. The van der Waals surface area contributed by atoms with Crippen LogP contribution in [0, 0.1) is 44.3 Å². The number of aryl methyl sites for hydroxylation is 2. The van der Waals surface area contributed by atoms with Crippen molar-refractivity contribution in [2.75, 3.05) is 9.80 Å². The first-order chi connectivity index (χ1) is 36.7. The van der Waals surface area contributed by atoms with Crippen LogP contribution in [0.25, 0.3) is 61.0 Å². The van der Waals surface area contributed by atoms with Crippen LogP contribution in [-0.4, -0.2) is 9.55 Å². The fourth-order valence-corrected chi connectivity index (χ4v) is 10.9. The predicted octanol–water partition coefficient (Wildman–Crippen LogP) is 19.7. The van der Waals surface area contributed by atoms with Crippen LogP contribution in [0.2, 0.25) is 0 Å². The zero-order valence-electron chi connectivity index (χ0n) is 46.5. The summed E-state index contributed by atoms with van der Waals surface area (Å²) < 4.78 is 40.4. The monoisotopic (exact) mass is 1210 g/mol. The number of aromatic nitrogens is 2. The maximum Gasteiger partial charge on any atom is 0.135 e. The quantitative estimate of drug-likeness (QED) is 0.128. The molecule has 1 aliphatic rings. The van der Waals surface area contributed by atoms with Crippen molar-refractivity contribution < 1.29 is 34.6 Å². The molecule has 0 radical (unpaired) electrons. The third-order valence-electron chi connectivity index (χ3n) is 15.1. The van der Waals surface area contributed by atoms with Gasteiger partial charge in [-0.2, -0.15) is 6.07 Å². The Bertz CT molecular complexity index is 3870. The molecule has 5 nitrogen and oxygen atoms in total. The molecule has 0 N–H and O–H groups in total. The number of rotatable bonds is 10. The first kappa shape index (κ1) is 54.0. The average molecular weight is 1210 g/mol. The van der Waals surface area contributed by atoms with Crippen LogP contribution in [0.3, 0.4) is 0 Å². The van der Waals surface area contributed by atoms with Gasteiger partial charge < -0.3 is 19.1 Å². The SMILES string of the molecule is Cc1cccc(C)c1-c1cc(Oc2[c-]c3c(cc2)c2ccccc2n3-c2cc(C(C)(C)C)ccn2)[c-]c(N2[CH-]N(c3c(-c4cc(F)cc(F)c4)cc(C(C)(C)C)cc3-c3cc(C(C)C)cc(C(C)C)c3)c3ccccc32)c1.[Pt]. The van der Waals surface area contributed by atoms with Crippen molar-refractivity contribution in [2.24, 2.45) is 0 Å². The van der Waals surface area contributed by atoms with Crippen LogP contribution in [0.4, 0.5) is 31.5 Å². The molecule has 0 saturated carbocycles. The number of benzene rings is 8. The molecule has 0 fully saturated rings. The summed E-state index contributed by atoms with van der Waals surface area (Å²) in [5.74, 6) is 1.09. The van der Waals surface area contributed by atoms with Gasteiger partial charge in [-0.1, -0.05) is 141 Å². The number of hydrogen-bond donors (Lipinski definition) is 0. The second-order valence-electron chi connectivity index (χ2n) is 23.4. The summed E-state index contributed by atoms with van der Waals surface area (Å²) in [6, 6.07) is 58.2. The van der Waals surface area contributed by atoms with Crippen molar-refractivity contribution >= 4 is 44.6 Å². The number of fused-ring (bicyclic) bond motifs is 4. The first-order valence-electron chi connectivity index (χ1n) is 26.8. The molecule has 8 aromatic carbocycles. The molecule has 2 aromatic heterocycles. The van der Waals surface area contributed by atoms with E-state index in [0.29, 0.717) is 22.6 Å². The van der Waals surface area contributed by atoms with Gasteiger partial charge in [0.05, 0.1) is 0 Å². The van der Waals surface area contributed by atoms with Gasteiger partial charge in [-0.15, -0.1) is 53.6 Å². The second kappa shape index (κ2) is 20.8. The molecule has 0 spiro atoms. The Morgan fingerprint density at radius 3 is 1.78 bits per heavy atom. The third kappa shape index (κ3) is 10.2. The van der Waals surface area contributed by atoms with E-state index in [1.54, 1.807) is 0 Å². The van der Waals surface area contributed by atoms with E-state index in [2.05, 4.69) is 232 Å². The Labute approximate surface area is 473 Å². The van der Waals surface area contributed by atoms with E-state index in [4.69, 9.17) is 9.72 Å². The molecule has 78 heavy (non-hydrogen) atoms. The van der Waals surface area contributed by atoms with Crippen LogP contribution < -0.4 is 14.5 Å². The standard InChI is InChI=1S/C70H65F2N4O.Pt/c1-42(2)46-28-47(43(3)4)30-48(29-46)60-35-52(70(10,11)12)36-61(49-31-53(71)38-54(72)32-49)68(60)75-41-74(63-22-15-16-23-64(63)75)55-33-50(67-44(5)18-17-19-45(67)6)34-57(39-55)77-56-24-25-59-58-20-13-14-21-62(58)76(65(59)40-56)66-37-51(26-27-73-66)69(7,8)9;/h13-38,41-43H,1-12H3;/q-3;. The number of nitrogens with zero attached hydrogens (tertiary/aromatic N) is 4. The summed E-state index contributed by atoms with van der Waals surface area (Å²) in [6.07, 6.45) is 1.89. The van der Waals surface area contributed by atoms with Gasteiger partial charge in [-0.3, -0.25) is 0 Å². The predicted molar refractivity (Wildman–Crippen MR) is 316 cm³/mol. The molecule has 11 rings (SSSR count). The Kier molecular flexibility index (Phi) is 14.4. The minimum absolute atomic E-state index is 0. The van der Waals surface area contributed by atoms with Crippen LogP contribution in [-0.2, 0) is 31.9 Å². The third-order valence-corrected chi connectivity index (χ3v) is 15.1. The molecule has 10 aromatic rings. The van der Waals surface area contributed by atoms with Crippen LogP contribution in [0.15, 0.2) is 158 Å². The van der Waals surface area contributed by atoms with Gasteiger partial charge in [0.25, 0.3) is 0 Å². The number of hydrogen-bond acceptors (Lipinski definition) is 4. The summed E-state index contributed by atoms with van der Waals surface area (Å²) in [5, 5.41) is 2.14. The van der Waals surface area contributed by atoms with Gasteiger partial charge in [0, 0.05) is 78.5 Å². The van der Waals surface area contributed by atoms with E-state index in [1.165, 1.54) is 28.8 Å². The van der Waals surface area contributed by atoms with Crippen LogP contribution in [0.5, 0.6) is 11.5 Å². The zero-order valence-corrected chi connectivity index (χ0v) is 48.8. The summed E-state index contributed by atoms with van der Waals surface area (Å²) in [5.41, 5.74) is 17.0. The van der Waals surface area contributed by atoms with Crippen molar-refractivity contribution in [2.45, 2.75) is 106 Å². The molecule has 8 heteroatoms. The molecule has 0 unspecified atom stereocenters. The van der Waals surface area contributed by atoms with Crippen LogP contribution >= 0.6 is 0 Å². The van der Waals surface area contributed by atoms with Gasteiger partial charge in [-0.05, 0) is 147 Å². The molecule has 0 amide bonds. The van der Waals surface area contributed by atoms with E-state index in [1.807, 2.05) is 24.4 Å². The average Bonchev–Trinajstić information content (AvgIpc) is 4.16. The Morgan fingerprint density at radius 1 is 0.551 bits per heavy atom. The molecular weight excluding hydrogens is 1150 g/mol. The van der Waals surface area contributed by atoms with Gasteiger partial charge in [-0.25, -0.2) is 13.8 Å². The van der Waals surface area contributed by atoms with Gasteiger partial charge in [0.1, 0.15) is 17.5 Å². The minimum atomic E-state index is -0.639. The Balaban J connectivity index is 0.00000688. The van der Waals surface area contributed by atoms with Crippen LogP contribution in [0.1, 0.15) is 114 Å². The molecule has 1 aliphatic heterocycles. The van der Waals surface area contributed by atoms with E-state index in [0.717, 1.165) is 95.4 Å². The number of anilines is 4. The topological polar surface area (TPSA) is 33.5 Å².